The number of aliphatic carboxylic acids is 1. The standard InChI is InChI=1S/C21H32ClNO3/c1-3-5-6-7-9-18-21(19(24)10-8-11-20(25)26)16-14-15(22)12-13-17(16)23(18)4-2/h13-15,19,24H,3-12H2,1-2H3,(H,25,26)/t15?,19-/m0/s1. The minimum absolute atomic E-state index is 0.0480. The van der Waals surface area contributed by atoms with Crippen LogP contribution in [0.15, 0.2) is 0 Å². The van der Waals surface area contributed by atoms with Gasteiger partial charge in [-0.1, -0.05) is 38.3 Å². The molecular weight excluding hydrogens is 350 g/mol. The van der Waals surface area contributed by atoms with E-state index >= 15 is 0 Å². The number of unbranched alkanes of at least 4 members (excludes halogenated alkanes) is 3. The molecule has 2 atom stereocenters. The number of aromatic nitrogens is 1. The predicted octanol–water partition coefficient (Wildman–Crippen LogP) is 3.49. The van der Waals surface area contributed by atoms with Crippen molar-refractivity contribution >= 4 is 29.7 Å². The molecule has 1 aromatic rings. The Morgan fingerprint density at radius 2 is 2.08 bits per heavy atom. The quantitative estimate of drug-likeness (QED) is 0.455. The highest BCUT2D eigenvalue weighted by molar-refractivity contribution is 6.24. The average molecular weight is 382 g/mol. The summed E-state index contributed by atoms with van der Waals surface area (Å²) in [6.07, 6.45) is 11.1. The lowest BCUT2D eigenvalue weighted by molar-refractivity contribution is -0.137. The third-order valence-electron chi connectivity index (χ3n) is 5.16. The van der Waals surface area contributed by atoms with Gasteiger partial charge in [0.2, 0.25) is 0 Å². The van der Waals surface area contributed by atoms with E-state index in [-0.39, 0.29) is 11.8 Å². The Labute approximate surface area is 161 Å². The van der Waals surface area contributed by atoms with Crippen LogP contribution in [-0.4, -0.2) is 26.1 Å². The number of alkyl halides is 1. The molecule has 2 rings (SSSR count). The fourth-order valence-electron chi connectivity index (χ4n) is 3.91. The van der Waals surface area contributed by atoms with Gasteiger partial charge in [0.1, 0.15) is 0 Å². The van der Waals surface area contributed by atoms with Crippen LogP contribution in [0.1, 0.15) is 82.6 Å². The molecule has 1 aliphatic carbocycles. The number of hydrogen-bond acceptors (Lipinski definition) is 2. The number of rotatable bonds is 11. The van der Waals surface area contributed by atoms with E-state index in [9.17, 15) is 9.90 Å². The maximum atomic E-state index is 10.9. The highest BCUT2D eigenvalue weighted by Crippen LogP contribution is 2.23. The van der Waals surface area contributed by atoms with Crippen LogP contribution in [0.25, 0.3) is 12.2 Å². The van der Waals surface area contributed by atoms with Crippen LogP contribution in [0.2, 0.25) is 0 Å². The highest BCUT2D eigenvalue weighted by atomic mass is 35.5. The molecule has 0 spiro atoms. The van der Waals surface area contributed by atoms with Crippen LogP contribution >= 0.6 is 11.6 Å². The van der Waals surface area contributed by atoms with Gasteiger partial charge in [0.25, 0.3) is 0 Å². The molecule has 0 saturated heterocycles. The molecule has 2 N–H and O–H groups in total. The zero-order valence-corrected chi connectivity index (χ0v) is 16.8. The lowest BCUT2D eigenvalue weighted by Gasteiger charge is -2.15. The molecule has 26 heavy (non-hydrogen) atoms. The number of nitrogens with zero attached hydrogens (tertiary/aromatic N) is 1. The maximum absolute atomic E-state index is 10.9. The van der Waals surface area contributed by atoms with E-state index in [1.54, 1.807) is 0 Å². The van der Waals surface area contributed by atoms with Crippen LogP contribution in [0.4, 0.5) is 0 Å². The van der Waals surface area contributed by atoms with E-state index < -0.39 is 12.1 Å². The molecule has 1 unspecified atom stereocenters. The lowest BCUT2D eigenvalue weighted by atomic mass is 9.97. The van der Waals surface area contributed by atoms with Crippen LogP contribution in [0.5, 0.6) is 0 Å². The molecule has 1 heterocycles. The molecule has 4 nitrogen and oxygen atoms in total. The van der Waals surface area contributed by atoms with E-state index in [1.807, 2.05) is 0 Å². The molecule has 0 radical (unpaired) electrons. The molecule has 0 amide bonds. The highest BCUT2D eigenvalue weighted by Gasteiger charge is 2.22. The number of carboxylic acid groups (broad SMARTS) is 1. The molecule has 1 aliphatic rings. The van der Waals surface area contributed by atoms with Crippen molar-refractivity contribution < 1.29 is 15.0 Å². The molecule has 5 heteroatoms. The minimum atomic E-state index is -0.814. The normalized spacial score (nSPS) is 17.3. The monoisotopic (exact) mass is 381 g/mol. The van der Waals surface area contributed by atoms with Crippen molar-refractivity contribution in [3.8, 4) is 0 Å². The first-order valence-corrected chi connectivity index (χ1v) is 10.4. The number of carboxylic acids is 1. The fraction of sp³-hybridized carbons (Fsp3) is 0.667. The van der Waals surface area contributed by atoms with Gasteiger partial charge >= 0.3 is 5.97 Å². The first-order chi connectivity index (χ1) is 12.5. The van der Waals surface area contributed by atoms with Crippen molar-refractivity contribution in [1.82, 2.24) is 4.57 Å². The average Bonchev–Trinajstić information content (AvgIpc) is 2.90. The Balaban J connectivity index is 2.37. The van der Waals surface area contributed by atoms with Gasteiger partial charge in [-0.25, -0.2) is 0 Å². The molecular formula is C21H32ClNO3. The summed E-state index contributed by atoms with van der Waals surface area (Å²) in [5, 5.41) is 21.9. The topological polar surface area (TPSA) is 62.5 Å². The van der Waals surface area contributed by atoms with E-state index in [0.29, 0.717) is 12.8 Å². The Morgan fingerprint density at radius 3 is 2.73 bits per heavy atom. The van der Waals surface area contributed by atoms with Crippen LogP contribution in [0, 0.1) is 0 Å². The number of aliphatic hydroxyl groups excluding tert-OH is 1. The Bertz CT molecular complexity index is 723. The summed E-state index contributed by atoms with van der Waals surface area (Å²) >= 11 is 6.36. The fourth-order valence-corrected chi connectivity index (χ4v) is 4.13. The number of halogens is 1. The Kier molecular flexibility index (Phi) is 8.23. The molecule has 0 aliphatic heterocycles. The molecule has 1 aromatic heterocycles. The zero-order chi connectivity index (χ0) is 19.1. The third-order valence-corrected chi connectivity index (χ3v) is 5.47. The largest absolute Gasteiger partial charge is 0.481 e. The smallest absolute Gasteiger partial charge is 0.303 e. The Morgan fingerprint density at radius 1 is 1.31 bits per heavy atom. The van der Waals surface area contributed by atoms with E-state index in [2.05, 4.69) is 30.6 Å². The van der Waals surface area contributed by atoms with Gasteiger partial charge in [-0.2, -0.15) is 0 Å². The maximum Gasteiger partial charge on any atom is 0.303 e. The lowest BCUT2D eigenvalue weighted by Crippen LogP contribution is -2.34. The van der Waals surface area contributed by atoms with Crippen molar-refractivity contribution in [3.05, 3.63) is 21.8 Å². The van der Waals surface area contributed by atoms with Gasteiger partial charge in [-0.05, 0) is 39.0 Å². The first kappa shape index (κ1) is 21.0. The van der Waals surface area contributed by atoms with E-state index in [4.69, 9.17) is 16.7 Å². The first-order valence-electron chi connectivity index (χ1n) is 9.96. The second kappa shape index (κ2) is 10.2. The predicted molar refractivity (Wildman–Crippen MR) is 107 cm³/mol. The van der Waals surface area contributed by atoms with E-state index in [0.717, 1.165) is 36.6 Å². The molecule has 146 valence electrons. The number of carbonyl (C=O) groups is 1. The van der Waals surface area contributed by atoms with Gasteiger partial charge in [-0.3, -0.25) is 4.79 Å². The number of hydrogen-bond donors (Lipinski definition) is 2. The summed E-state index contributed by atoms with van der Waals surface area (Å²) in [6.45, 7) is 5.21. The van der Waals surface area contributed by atoms with Crippen molar-refractivity contribution in [2.45, 2.75) is 89.7 Å². The summed E-state index contributed by atoms with van der Waals surface area (Å²) in [6, 6.07) is 0. The number of aliphatic hydroxyl groups is 1. The molecule has 0 aromatic carbocycles. The van der Waals surface area contributed by atoms with Gasteiger partial charge in [-0.15, -0.1) is 11.6 Å². The van der Waals surface area contributed by atoms with Gasteiger partial charge < -0.3 is 14.8 Å². The van der Waals surface area contributed by atoms with Crippen molar-refractivity contribution in [3.63, 3.8) is 0 Å². The van der Waals surface area contributed by atoms with Crippen molar-refractivity contribution in [2.24, 2.45) is 0 Å². The minimum Gasteiger partial charge on any atom is -0.481 e. The molecule has 0 bridgehead atoms. The van der Waals surface area contributed by atoms with E-state index in [1.165, 1.54) is 30.3 Å². The van der Waals surface area contributed by atoms with Crippen LogP contribution in [0.3, 0.4) is 0 Å². The summed E-state index contributed by atoms with van der Waals surface area (Å²) < 4.78 is 2.32. The third kappa shape index (κ3) is 5.14. The summed E-state index contributed by atoms with van der Waals surface area (Å²) in [5.41, 5.74) is 2.18. The van der Waals surface area contributed by atoms with Crippen molar-refractivity contribution in [2.75, 3.05) is 0 Å². The van der Waals surface area contributed by atoms with Crippen molar-refractivity contribution in [1.29, 1.82) is 0 Å². The zero-order valence-electron chi connectivity index (χ0n) is 16.0. The SMILES string of the molecule is CCCCCCc1c([C@@H](O)CCCC(=O)O)c2c(n1CC)=CCC(Cl)C=2. The van der Waals surface area contributed by atoms with Crippen LogP contribution in [-0.2, 0) is 17.8 Å². The number of fused-ring (bicyclic) bond motifs is 1. The van der Waals surface area contributed by atoms with Gasteiger partial charge in [0, 0.05) is 34.8 Å². The molecule has 0 saturated carbocycles. The second-order valence-electron chi connectivity index (χ2n) is 7.14. The van der Waals surface area contributed by atoms with Crippen LogP contribution < -0.4 is 10.6 Å². The summed E-state index contributed by atoms with van der Waals surface area (Å²) in [5.74, 6) is -0.814. The summed E-state index contributed by atoms with van der Waals surface area (Å²) in [4.78, 5) is 10.8. The Hall–Kier alpha value is -1.26. The second-order valence-corrected chi connectivity index (χ2v) is 7.70. The molecule has 0 fully saturated rings. The summed E-state index contributed by atoms with van der Waals surface area (Å²) in [7, 11) is 0. The van der Waals surface area contributed by atoms with Gasteiger partial charge in [0.15, 0.2) is 0 Å². The van der Waals surface area contributed by atoms with Gasteiger partial charge in [0.05, 0.1) is 11.5 Å².